The number of nitrogen functional groups attached to an aromatic ring is 1. The number of anilines is 1. The van der Waals surface area contributed by atoms with E-state index in [0.717, 1.165) is 50.2 Å². The molecule has 0 aliphatic carbocycles. The Bertz CT molecular complexity index is 1520. The van der Waals surface area contributed by atoms with Crippen LogP contribution in [0.1, 0.15) is 5.56 Å². The predicted molar refractivity (Wildman–Crippen MR) is 131 cm³/mol. The third-order valence-corrected chi connectivity index (χ3v) is 7.53. The lowest BCUT2D eigenvalue weighted by molar-refractivity contribution is -0.675. The van der Waals surface area contributed by atoms with Gasteiger partial charge in [0.15, 0.2) is 17.0 Å². The van der Waals surface area contributed by atoms with Gasteiger partial charge in [0, 0.05) is 15.8 Å². The summed E-state index contributed by atoms with van der Waals surface area (Å²) >= 11 is 5.10. The van der Waals surface area contributed by atoms with Crippen molar-refractivity contribution in [1.82, 2.24) is 15.0 Å². The molecule has 0 spiro atoms. The molecule has 0 unspecified atom stereocenters. The fourth-order valence-corrected chi connectivity index (χ4v) is 5.41. The van der Waals surface area contributed by atoms with E-state index in [2.05, 4.69) is 68.4 Å². The SMILES string of the molecule is Nc1nc[n+](CCc2cccc3ccccc23)c2nc(Sc3cc4c(cc3Br)OCO4)[nH]c12. The van der Waals surface area contributed by atoms with E-state index >= 15 is 0 Å². The summed E-state index contributed by atoms with van der Waals surface area (Å²) in [7, 11) is 0. The summed E-state index contributed by atoms with van der Waals surface area (Å²) in [5.74, 6) is 1.88. The van der Waals surface area contributed by atoms with E-state index in [1.807, 2.05) is 16.7 Å². The second-order valence-electron chi connectivity index (χ2n) is 7.69. The van der Waals surface area contributed by atoms with Crippen LogP contribution in [-0.4, -0.2) is 21.7 Å². The molecule has 9 heteroatoms. The van der Waals surface area contributed by atoms with Gasteiger partial charge in [-0.25, -0.2) is 4.57 Å². The number of benzene rings is 3. The van der Waals surface area contributed by atoms with Crippen LogP contribution in [0.3, 0.4) is 0 Å². The first-order valence-corrected chi connectivity index (χ1v) is 12.0. The number of hydrogen-bond acceptors (Lipinski definition) is 6. The van der Waals surface area contributed by atoms with Crippen LogP contribution in [0, 0.1) is 0 Å². The average molecular weight is 521 g/mol. The van der Waals surface area contributed by atoms with Crippen LogP contribution in [0.15, 0.2) is 75.4 Å². The van der Waals surface area contributed by atoms with Crippen molar-refractivity contribution >= 4 is 55.4 Å². The van der Waals surface area contributed by atoms with Gasteiger partial charge in [-0.05, 0) is 56.2 Å². The number of H-pyrrole nitrogens is 1. The Hall–Kier alpha value is -3.30. The maximum atomic E-state index is 6.17. The molecule has 0 saturated heterocycles. The van der Waals surface area contributed by atoms with Crippen LogP contribution in [-0.2, 0) is 13.0 Å². The highest BCUT2D eigenvalue weighted by Crippen LogP contribution is 2.42. The third kappa shape index (κ3) is 3.77. The lowest BCUT2D eigenvalue weighted by Crippen LogP contribution is -2.36. The highest BCUT2D eigenvalue weighted by Gasteiger charge is 2.22. The standard InChI is InChI=1S/C24H18BrN5O2S/c25-17-10-18-19(32-13-31-18)11-20(17)33-24-28-21-22(26)27-12-30(23(21)29-24)9-8-15-6-3-5-14-4-1-2-7-16(14)15/h1-7,10-12H,8-9,13H2,(H2,26,28,29)/p+1. The van der Waals surface area contributed by atoms with E-state index in [4.69, 9.17) is 20.2 Å². The zero-order chi connectivity index (χ0) is 22.4. The maximum Gasteiger partial charge on any atom is 0.294 e. The van der Waals surface area contributed by atoms with E-state index < -0.39 is 0 Å². The fraction of sp³-hybridized carbons (Fsp3) is 0.125. The van der Waals surface area contributed by atoms with Crippen LogP contribution in [0.4, 0.5) is 5.82 Å². The summed E-state index contributed by atoms with van der Waals surface area (Å²) in [5, 5.41) is 3.24. The predicted octanol–water partition coefficient (Wildman–Crippen LogP) is 4.87. The Kier molecular flexibility index (Phi) is 5.07. The zero-order valence-electron chi connectivity index (χ0n) is 17.4. The van der Waals surface area contributed by atoms with Gasteiger partial charge in [-0.1, -0.05) is 52.4 Å². The van der Waals surface area contributed by atoms with E-state index in [9.17, 15) is 0 Å². The van der Waals surface area contributed by atoms with Crippen molar-refractivity contribution in [3.8, 4) is 11.5 Å². The topological polar surface area (TPSA) is 89.9 Å². The Morgan fingerprint density at radius 3 is 2.82 bits per heavy atom. The van der Waals surface area contributed by atoms with Crippen molar-refractivity contribution in [3.05, 3.63) is 71.0 Å². The molecule has 3 N–H and O–H groups in total. The molecule has 1 aliphatic heterocycles. The summed E-state index contributed by atoms with van der Waals surface area (Å²) in [6, 6.07) is 18.7. The number of aromatic nitrogens is 4. The number of imidazole rings is 1. The van der Waals surface area contributed by atoms with Crippen LogP contribution in [0.25, 0.3) is 21.9 Å². The summed E-state index contributed by atoms with van der Waals surface area (Å²) in [6.07, 6.45) is 2.62. The molecular weight excluding hydrogens is 502 g/mol. The first-order valence-electron chi connectivity index (χ1n) is 10.4. The number of hydrogen-bond donors (Lipinski definition) is 2. The van der Waals surface area contributed by atoms with Gasteiger partial charge < -0.3 is 20.2 Å². The molecule has 33 heavy (non-hydrogen) atoms. The second kappa shape index (κ2) is 8.24. The molecule has 0 radical (unpaired) electrons. The normalized spacial score (nSPS) is 12.6. The Labute approximate surface area is 202 Å². The van der Waals surface area contributed by atoms with Gasteiger partial charge in [0.25, 0.3) is 5.65 Å². The number of nitrogens with two attached hydrogens (primary N) is 1. The molecular formula is C24H19BrN5O2S+. The van der Waals surface area contributed by atoms with Crippen LogP contribution < -0.4 is 19.8 Å². The maximum absolute atomic E-state index is 6.17. The van der Waals surface area contributed by atoms with Gasteiger partial charge in [-0.3, -0.25) is 0 Å². The van der Waals surface area contributed by atoms with Gasteiger partial charge in [0.05, 0.1) is 6.54 Å². The third-order valence-electron chi connectivity index (χ3n) is 5.66. The lowest BCUT2D eigenvalue weighted by Gasteiger charge is -2.06. The highest BCUT2D eigenvalue weighted by molar-refractivity contribution is 9.10. The van der Waals surface area contributed by atoms with Gasteiger partial charge in [0.2, 0.25) is 24.1 Å². The molecule has 0 amide bonds. The summed E-state index contributed by atoms with van der Waals surface area (Å²) in [5.41, 5.74) is 8.97. The highest BCUT2D eigenvalue weighted by atomic mass is 79.9. The van der Waals surface area contributed by atoms with Gasteiger partial charge in [-0.2, -0.15) is 0 Å². The van der Waals surface area contributed by atoms with Gasteiger partial charge in [0.1, 0.15) is 0 Å². The molecule has 5 aromatic rings. The molecule has 0 fully saturated rings. The average Bonchev–Trinajstić information content (AvgIpc) is 3.46. The molecule has 2 aromatic heterocycles. The smallest absolute Gasteiger partial charge is 0.294 e. The monoisotopic (exact) mass is 520 g/mol. The van der Waals surface area contributed by atoms with Gasteiger partial charge in [-0.15, -0.1) is 0 Å². The Balaban J connectivity index is 1.31. The summed E-state index contributed by atoms with van der Waals surface area (Å²) in [4.78, 5) is 13.5. The number of nitrogens with one attached hydrogen (secondary N) is 1. The molecule has 0 saturated carbocycles. The molecule has 3 heterocycles. The molecule has 164 valence electrons. The van der Waals surface area contributed by atoms with E-state index in [1.54, 1.807) is 6.33 Å². The van der Waals surface area contributed by atoms with Crippen LogP contribution >= 0.6 is 27.7 Å². The number of rotatable bonds is 5. The number of aromatic amines is 1. The first kappa shape index (κ1) is 20.3. The van der Waals surface area contributed by atoms with Crippen molar-refractivity contribution in [3.63, 3.8) is 0 Å². The number of ether oxygens (including phenoxy) is 2. The Morgan fingerprint density at radius 1 is 1.09 bits per heavy atom. The quantitative estimate of drug-likeness (QED) is 0.321. The minimum atomic E-state index is 0.236. The number of aryl methyl sites for hydroxylation is 2. The number of fused-ring (bicyclic) bond motifs is 3. The molecule has 1 aliphatic rings. The van der Waals surface area contributed by atoms with Crippen molar-refractivity contribution in [2.24, 2.45) is 0 Å². The van der Waals surface area contributed by atoms with Crippen molar-refractivity contribution in [2.45, 2.75) is 23.0 Å². The van der Waals surface area contributed by atoms with Crippen LogP contribution in [0.5, 0.6) is 11.5 Å². The molecule has 0 bridgehead atoms. The minimum absolute atomic E-state index is 0.236. The molecule has 0 atom stereocenters. The number of nitrogens with zero attached hydrogens (tertiary/aromatic N) is 3. The molecule has 3 aromatic carbocycles. The van der Waals surface area contributed by atoms with Crippen molar-refractivity contribution in [2.75, 3.05) is 12.5 Å². The minimum Gasteiger partial charge on any atom is -0.454 e. The first-order chi connectivity index (χ1) is 16.2. The summed E-state index contributed by atoms with van der Waals surface area (Å²) in [6.45, 7) is 0.972. The lowest BCUT2D eigenvalue weighted by atomic mass is 10.0. The van der Waals surface area contributed by atoms with Crippen molar-refractivity contribution in [1.29, 1.82) is 0 Å². The molecule has 6 rings (SSSR count). The van der Waals surface area contributed by atoms with E-state index in [1.165, 1.54) is 28.1 Å². The number of halogens is 1. The largest absolute Gasteiger partial charge is 0.454 e. The molecule has 7 nitrogen and oxygen atoms in total. The summed E-state index contributed by atoms with van der Waals surface area (Å²) < 4.78 is 13.9. The van der Waals surface area contributed by atoms with Crippen LogP contribution in [0.2, 0.25) is 0 Å². The fourth-order valence-electron chi connectivity index (χ4n) is 4.02. The van der Waals surface area contributed by atoms with Crippen molar-refractivity contribution < 1.29 is 14.0 Å². The van der Waals surface area contributed by atoms with E-state index in [0.29, 0.717) is 5.82 Å². The van der Waals surface area contributed by atoms with Gasteiger partial charge >= 0.3 is 0 Å². The second-order valence-corrected chi connectivity index (χ2v) is 9.57. The van der Waals surface area contributed by atoms with E-state index in [-0.39, 0.29) is 6.79 Å². The zero-order valence-corrected chi connectivity index (χ0v) is 19.8. The Morgan fingerprint density at radius 2 is 1.91 bits per heavy atom.